The fourth-order valence-electron chi connectivity index (χ4n) is 2.66. The summed E-state index contributed by atoms with van der Waals surface area (Å²) < 4.78 is 26.3. The van der Waals surface area contributed by atoms with Gasteiger partial charge >= 0.3 is 0 Å². The third-order valence-electron chi connectivity index (χ3n) is 4.26. The molecule has 0 aliphatic rings. The molecule has 30 heavy (non-hydrogen) atoms. The number of rotatable bonds is 5. The summed E-state index contributed by atoms with van der Waals surface area (Å²) >= 11 is 0. The minimum atomic E-state index is -3.60. The zero-order valence-corrected chi connectivity index (χ0v) is 17.3. The second-order valence-corrected chi connectivity index (χ2v) is 8.88. The predicted octanol–water partition coefficient (Wildman–Crippen LogP) is 1.75. The van der Waals surface area contributed by atoms with Crippen molar-refractivity contribution in [1.82, 2.24) is 14.1 Å². The maximum absolute atomic E-state index is 12.6. The van der Waals surface area contributed by atoms with Crippen LogP contribution in [-0.4, -0.2) is 47.6 Å². The van der Waals surface area contributed by atoms with Gasteiger partial charge in [-0.25, -0.2) is 12.7 Å². The molecule has 0 aliphatic heterocycles. The molecular formula is C20H20N4O5S. The zero-order chi connectivity index (χ0) is 22.1. The molecule has 0 unspecified atom stereocenters. The fraction of sp³-hybridized carbons (Fsp3) is 0.150. The van der Waals surface area contributed by atoms with Crippen LogP contribution < -0.4 is 10.9 Å². The zero-order valence-electron chi connectivity index (χ0n) is 16.5. The Morgan fingerprint density at radius 2 is 1.77 bits per heavy atom. The largest absolute Gasteiger partial charge is 0.505 e. The van der Waals surface area contributed by atoms with E-state index in [0.717, 1.165) is 20.6 Å². The number of nitrogens with one attached hydrogen (secondary N) is 1. The first-order chi connectivity index (χ1) is 14.1. The molecule has 0 spiro atoms. The molecule has 0 fully saturated rings. The van der Waals surface area contributed by atoms with Crippen molar-refractivity contribution in [1.29, 1.82) is 0 Å². The minimum Gasteiger partial charge on any atom is -0.505 e. The molecule has 3 rings (SSSR count). The second kappa shape index (κ2) is 8.09. The molecule has 2 aromatic carbocycles. The number of aromatic nitrogens is 2. The van der Waals surface area contributed by atoms with Gasteiger partial charge in [0.1, 0.15) is 0 Å². The van der Waals surface area contributed by atoms with E-state index in [1.165, 1.54) is 38.4 Å². The van der Waals surface area contributed by atoms with Crippen LogP contribution in [0.2, 0.25) is 0 Å². The fourth-order valence-corrected chi connectivity index (χ4v) is 3.57. The Balaban J connectivity index is 1.91. The molecule has 0 atom stereocenters. The topological polar surface area (TPSA) is 122 Å². The van der Waals surface area contributed by atoms with Crippen LogP contribution in [0.25, 0.3) is 5.69 Å². The van der Waals surface area contributed by atoms with E-state index in [-0.39, 0.29) is 10.6 Å². The normalized spacial score (nSPS) is 11.5. The van der Waals surface area contributed by atoms with Crippen molar-refractivity contribution >= 4 is 21.6 Å². The van der Waals surface area contributed by atoms with Crippen molar-refractivity contribution in [2.75, 3.05) is 19.4 Å². The van der Waals surface area contributed by atoms with E-state index in [1.807, 2.05) is 13.0 Å². The lowest BCUT2D eigenvalue weighted by Crippen LogP contribution is -2.25. The molecule has 3 aromatic rings. The average molecular weight is 428 g/mol. The van der Waals surface area contributed by atoms with Gasteiger partial charge in [-0.15, -0.1) is 0 Å². The molecule has 10 heteroatoms. The van der Waals surface area contributed by atoms with E-state index in [0.29, 0.717) is 11.4 Å². The van der Waals surface area contributed by atoms with E-state index in [4.69, 9.17) is 0 Å². The number of hydrogen-bond donors (Lipinski definition) is 2. The van der Waals surface area contributed by atoms with E-state index < -0.39 is 27.2 Å². The molecule has 0 bridgehead atoms. The van der Waals surface area contributed by atoms with E-state index in [9.17, 15) is 23.1 Å². The molecule has 0 saturated carbocycles. The number of carbonyl (C=O) groups is 1. The SMILES string of the molecule is Cc1cccc(-n2nc(C(=O)Nc3ccc(S(=O)(=O)N(C)C)cc3)c(O)cc2=O)c1. The number of amides is 1. The third-order valence-corrected chi connectivity index (χ3v) is 6.09. The van der Waals surface area contributed by atoms with Gasteiger partial charge in [-0.05, 0) is 48.9 Å². The van der Waals surface area contributed by atoms with Crippen molar-refractivity contribution in [3.63, 3.8) is 0 Å². The van der Waals surface area contributed by atoms with E-state index in [1.54, 1.807) is 18.2 Å². The van der Waals surface area contributed by atoms with Crippen molar-refractivity contribution < 1.29 is 18.3 Å². The quantitative estimate of drug-likeness (QED) is 0.639. The Labute approximate surface area is 173 Å². The van der Waals surface area contributed by atoms with Crippen LogP contribution in [0.15, 0.2) is 64.3 Å². The van der Waals surface area contributed by atoms with Gasteiger partial charge in [-0.1, -0.05) is 12.1 Å². The summed E-state index contributed by atoms with van der Waals surface area (Å²) in [6.45, 7) is 1.85. The Morgan fingerprint density at radius 1 is 1.10 bits per heavy atom. The highest BCUT2D eigenvalue weighted by molar-refractivity contribution is 7.89. The Bertz CT molecular complexity index is 1270. The monoisotopic (exact) mass is 428 g/mol. The second-order valence-electron chi connectivity index (χ2n) is 6.73. The molecule has 1 aromatic heterocycles. The van der Waals surface area contributed by atoms with Gasteiger partial charge in [0.15, 0.2) is 11.4 Å². The van der Waals surface area contributed by atoms with Crippen molar-refractivity contribution in [3.8, 4) is 11.4 Å². The molecule has 0 radical (unpaired) electrons. The number of aryl methyl sites for hydroxylation is 1. The maximum atomic E-state index is 12.6. The average Bonchev–Trinajstić information content (AvgIpc) is 2.68. The Hall–Kier alpha value is -3.50. The summed E-state index contributed by atoms with van der Waals surface area (Å²) in [5.41, 5.74) is 0.710. The molecule has 156 valence electrons. The molecule has 2 N–H and O–H groups in total. The van der Waals surface area contributed by atoms with Gasteiger partial charge in [0.2, 0.25) is 10.0 Å². The molecular weight excluding hydrogens is 408 g/mol. The third kappa shape index (κ3) is 4.24. The number of anilines is 1. The minimum absolute atomic E-state index is 0.0690. The lowest BCUT2D eigenvalue weighted by molar-refractivity contribution is 0.101. The smallest absolute Gasteiger partial charge is 0.279 e. The molecule has 0 saturated heterocycles. The number of aromatic hydroxyl groups is 1. The lowest BCUT2D eigenvalue weighted by Gasteiger charge is -2.12. The molecule has 1 amide bonds. The standard InChI is InChI=1S/C20H20N4O5S/c1-13-5-4-6-15(11-13)24-18(26)12-17(25)19(22-24)20(27)21-14-7-9-16(10-8-14)30(28,29)23(2)3/h4-12,25H,1-3H3,(H,21,27). The predicted molar refractivity (Wildman–Crippen MR) is 112 cm³/mol. The van der Waals surface area contributed by atoms with Crippen molar-refractivity contribution in [2.24, 2.45) is 0 Å². The maximum Gasteiger partial charge on any atom is 0.279 e. The first-order valence-electron chi connectivity index (χ1n) is 8.84. The van der Waals surface area contributed by atoms with Gasteiger partial charge in [-0.2, -0.15) is 9.78 Å². The van der Waals surface area contributed by atoms with Crippen LogP contribution in [0, 0.1) is 6.92 Å². The number of carbonyl (C=O) groups excluding carboxylic acids is 1. The van der Waals surface area contributed by atoms with E-state index in [2.05, 4.69) is 10.4 Å². The van der Waals surface area contributed by atoms with Gasteiger partial charge in [-0.3, -0.25) is 9.59 Å². The van der Waals surface area contributed by atoms with Crippen molar-refractivity contribution in [2.45, 2.75) is 11.8 Å². The number of hydrogen-bond acceptors (Lipinski definition) is 6. The number of nitrogens with zero attached hydrogens (tertiary/aromatic N) is 3. The Kier molecular flexibility index (Phi) is 5.72. The van der Waals surface area contributed by atoms with Gasteiger partial charge in [0.05, 0.1) is 10.6 Å². The summed E-state index contributed by atoms with van der Waals surface area (Å²) in [7, 11) is -0.757. The number of sulfonamides is 1. The summed E-state index contributed by atoms with van der Waals surface area (Å²) in [4.78, 5) is 24.9. The molecule has 9 nitrogen and oxygen atoms in total. The summed E-state index contributed by atoms with van der Waals surface area (Å²) in [5.74, 6) is -1.31. The highest BCUT2D eigenvalue weighted by Crippen LogP contribution is 2.19. The lowest BCUT2D eigenvalue weighted by atomic mass is 10.2. The first-order valence-corrected chi connectivity index (χ1v) is 10.3. The van der Waals surface area contributed by atoms with Crippen LogP contribution in [0.5, 0.6) is 5.75 Å². The molecule has 1 heterocycles. The summed E-state index contributed by atoms with van der Waals surface area (Å²) in [5, 5.41) is 16.6. The summed E-state index contributed by atoms with van der Waals surface area (Å²) in [6.07, 6.45) is 0. The van der Waals surface area contributed by atoms with E-state index >= 15 is 0 Å². The Morgan fingerprint density at radius 3 is 2.37 bits per heavy atom. The highest BCUT2D eigenvalue weighted by atomic mass is 32.2. The summed E-state index contributed by atoms with van der Waals surface area (Å²) in [6, 6.07) is 13.4. The van der Waals surface area contributed by atoms with Gasteiger partial charge in [0.25, 0.3) is 11.5 Å². The van der Waals surface area contributed by atoms with Gasteiger partial charge < -0.3 is 10.4 Å². The van der Waals surface area contributed by atoms with Gasteiger partial charge in [0, 0.05) is 25.8 Å². The van der Waals surface area contributed by atoms with Crippen LogP contribution in [0.1, 0.15) is 16.1 Å². The highest BCUT2D eigenvalue weighted by Gasteiger charge is 2.19. The van der Waals surface area contributed by atoms with Crippen LogP contribution in [0.3, 0.4) is 0 Å². The first kappa shape index (κ1) is 21.2. The molecule has 0 aliphatic carbocycles. The van der Waals surface area contributed by atoms with Crippen LogP contribution >= 0.6 is 0 Å². The van der Waals surface area contributed by atoms with Crippen molar-refractivity contribution in [3.05, 3.63) is 76.2 Å². The van der Waals surface area contributed by atoms with Crippen LogP contribution in [-0.2, 0) is 10.0 Å². The van der Waals surface area contributed by atoms with Crippen LogP contribution in [0.4, 0.5) is 5.69 Å². The number of benzene rings is 2.